The van der Waals surface area contributed by atoms with E-state index >= 15 is 0 Å². The van der Waals surface area contributed by atoms with Crippen molar-refractivity contribution in [1.29, 1.82) is 0 Å². The average Bonchev–Trinajstić information content (AvgIpc) is 3.73. The maximum Gasteiger partial charge on any atom is 0.340 e. The van der Waals surface area contributed by atoms with Crippen LogP contribution in [0.4, 0.5) is 11.6 Å². The number of esters is 1. The molecule has 3 N–H and O–H groups in total. The molecule has 3 aromatic heterocycles. The van der Waals surface area contributed by atoms with Gasteiger partial charge in [0.15, 0.2) is 0 Å². The Balaban J connectivity index is 1.50. The highest BCUT2D eigenvalue weighted by Gasteiger charge is 2.41. The topological polar surface area (TPSA) is 146 Å². The van der Waals surface area contributed by atoms with Gasteiger partial charge >= 0.3 is 5.97 Å². The van der Waals surface area contributed by atoms with Gasteiger partial charge in [-0.1, -0.05) is 6.92 Å². The van der Waals surface area contributed by atoms with E-state index in [0.29, 0.717) is 46.5 Å². The molecule has 0 spiro atoms. The number of sulfone groups is 1. The van der Waals surface area contributed by atoms with E-state index in [2.05, 4.69) is 15.3 Å². The summed E-state index contributed by atoms with van der Waals surface area (Å²) in [7, 11) is -3.18. The summed E-state index contributed by atoms with van der Waals surface area (Å²) in [6.07, 6.45) is 6.49. The van der Waals surface area contributed by atoms with E-state index in [1.165, 1.54) is 6.26 Å². The number of carbonyl (C=O) groups excluding carboxylic acids is 1. The van der Waals surface area contributed by atoms with Crippen molar-refractivity contribution < 1.29 is 22.7 Å². The number of rotatable bonds is 9. The van der Waals surface area contributed by atoms with Crippen LogP contribution in [0, 0.1) is 5.92 Å². The molecule has 1 saturated carbocycles. The van der Waals surface area contributed by atoms with Crippen LogP contribution >= 0.6 is 0 Å². The molecule has 0 bridgehead atoms. The Morgan fingerprint density at radius 1 is 1.15 bits per heavy atom. The summed E-state index contributed by atoms with van der Waals surface area (Å²) in [5, 5.41) is 4.29. The molecule has 0 saturated heterocycles. The van der Waals surface area contributed by atoms with Crippen molar-refractivity contribution in [1.82, 2.24) is 15.0 Å². The molecule has 0 aromatic carbocycles. The van der Waals surface area contributed by atoms with Crippen LogP contribution in [0.3, 0.4) is 0 Å². The van der Waals surface area contributed by atoms with Gasteiger partial charge in [-0.3, -0.25) is 0 Å². The first-order chi connectivity index (χ1) is 18.8. The van der Waals surface area contributed by atoms with Crippen LogP contribution in [-0.2, 0) is 20.1 Å². The summed E-state index contributed by atoms with van der Waals surface area (Å²) in [5.74, 6) is 1.45. The minimum absolute atomic E-state index is 0.0414. The molecule has 0 unspecified atom stereocenters. The standard InChI is InChI=1S/C29H37N5O5S/c1-15(11-16(2)40(6,36)37)38-27-22-13-31-25(12-21(22)23(14-32-27)29(5,30)19-7-8-19)33-24-10-9-20-26(34-24)17(3)18(4)39-28(20)35/h9-10,12-19H,7-8,11,30H2,1-6H3,(H,31,33,34)/t15-,16-,17+,18+,29-/m1/s1. The predicted octanol–water partition coefficient (Wildman–Crippen LogP) is 4.61. The third kappa shape index (κ3) is 5.49. The summed E-state index contributed by atoms with van der Waals surface area (Å²) in [6, 6.07) is 5.37. The molecule has 11 heteroatoms. The van der Waals surface area contributed by atoms with E-state index in [9.17, 15) is 13.2 Å². The molecule has 0 amide bonds. The average molecular weight is 568 g/mol. The van der Waals surface area contributed by atoms with Crippen molar-refractivity contribution in [3.8, 4) is 5.88 Å². The molecule has 0 radical (unpaired) electrons. The summed E-state index contributed by atoms with van der Waals surface area (Å²) in [5.41, 5.74) is 8.32. The maximum atomic E-state index is 12.3. The van der Waals surface area contributed by atoms with E-state index in [0.717, 1.165) is 23.8 Å². The molecule has 2 aliphatic rings. The lowest BCUT2D eigenvalue weighted by molar-refractivity contribution is 0.0235. The fraction of sp³-hybridized carbons (Fsp3) is 0.517. The number of nitrogens with zero attached hydrogens (tertiary/aromatic N) is 3. The van der Waals surface area contributed by atoms with Gasteiger partial charge in [-0.2, -0.15) is 0 Å². The largest absolute Gasteiger partial charge is 0.474 e. The number of pyridine rings is 3. The normalized spacial score (nSPS) is 22.1. The second kappa shape index (κ2) is 10.3. The second-order valence-electron chi connectivity index (χ2n) is 11.6. The van der Waals surface area contributed by atoms with Crippen LogP contribution in [-0.4, -0.2) is 53.1 Å². The Labute approximate surface area is 235 Å². The third-order valence-electron chi connectivity index (χ3n) is 8.28. The first-order valence-corrected chi connectivity index (χ1v) is 15.6. The first-order valence-electron chi connectivity index (χ1n) is 13.7. The lowest BCUT2D eigenvalue weighted by Crippen LogP contribution is -2.35. The number of fused-ring (bicyclic) bond motifs is 2. The number of aromatic nitrogens is 3. The van der Waals surface area contributed by atoms with Crippen molar-refractivity contribution >= 4 is 38.2 Å². The van der Waals surface area contributed by atoms with Gasteiger partial charge < -0.3 is 20.5 Å². The minimum atomic E-state index is -3.18. The number of nitrogens with two attached hydrogens (primary N) is 1. The zero-order valence-corrected chi connectivity index (χ0v) is 24.6. The molecule has 3 aromatic rings. The number of hydrogen-bond donors (Lipinski definition) is 2. The van der Waals surface area contributed by atoms with Crippen LogP contribution in [0.5, 0.6) is 5.88 Å². The molecule has 1 aliphatic heterocycles. The van der Waals surface area contributed by atoms with Crippen LogP contribution in [0.15, 0.2) is 30.6 Å². The van der Waals surface area contributed by atoms with E-state index in [1.54, 1.807) is 31.5 Å². The van der Waals surface area contributed by atoms with Gasteiger partial charge in [0.1, 0.15) is 27.6 Å². The predicted molar refractivity (Wildman–Crippen MR) is 154 cm³/mol. The molecule has 40 heavy (non-hydrogen) atoms. The van der Waals surface area contributed by atoms with Gasteiger partial charge in [-0.15, -0.1) is 0 Å². The van der Waals surface area contributed by atoms with Gasteiger partial charge in [-0.05, 0) is 75.6 Å². The maximum absolute atomic E-state index is 12.3. The third-order valence-corrected chi connectivity index (χ3v) is 9.93. The molecule has 1 fully saturated rings. The van der Waals surface area contributed by atoms with Crippen LogP contribution in [0.25, 0.3) is 10.8 Å². The molecule has 1 aliphatic carbocycles. The Bertz CT molecular complexity index is 1570. The summed E-state index contributed by atoms with van der Waals surface area (Å²) in [6.45, 7) is 9.39. The fourth-order valence-electron chi connectivity index (χ4n) is 5.24. The molecule has 214 valence electrons. The molecular formula is C29H37N5O5S. The van der Waals surface area contributed by atoms with Crippen LogP contribution < -0.4 is 15.8 Å². The van der Waals surface area contributed by atoms with Crippen molar-refractivity contribution in [3.63, 3.8) is 0 Å². The molecule has 5 atom stereocenters. The highest BCUT2D eigenvalue weighted by molar-refractivity contribution is 7.91. The zero-order valence-electron chi connectivity index (χ0n) is 23.8. The Hall–Kier alpha value is -3.31. The van der Waals surface area contributed by atoms with Gasteiger partial charge in [0, 0.05) is 36.5 Å². The number of hydrogen-bond acceptors (Lipinski definition) is 10. The van der Waals surface area contributed by atoms with E-state index < -0.39 is 20.6 Å². The van der Waals surface area contributed by atoms with E-state index in [-0.39, 0.29) is 24.1 Å². The number of anilines is 2. The summed E-state index contributed by atoms with van der Waals surface area (Å²) >= 11 is 0. The van der Waals surface area contributed by atoms with Crippen molar-refractivity contribution in [2.24, 2.45) is 11.7 Å². The van der Waals surface area contributed by atoms with Gasteiger partial charge in [0.25, 0.3) is 0 Å². The van der Waals surface area contributed by atoms with E-state index in [4.69, 9.17) is 20.2 Å². The number of carbonyl (C=O) groups is 1. The Kier molecular flexibility index (Phi) is 7.24. The van der Waals surface area contributed by atoms with Crippen molar-refractivity contribution in [3.05, 3.63) is 47.4 Å². The van der Waals surface area contributed by atoms with Gasteiger partial charge in [-0.25, -0.2) is 28.2 Å². The quantitative estimate of drug-likeness (QED) is 0.352. The Morgan fingerprint density at radius 3 is 2.55 bits per heavy atom. The molecular weight excluding hydrogens is 530 g/mol. The van der Waals surface area contributed by atoms with Gasteiger partial charge in [0.05, 0.1) is 28.0 Å². The summed E-state index contributed by atoms with van der Waals surface area (Å²) in [4.78, 5) is 26.3. The molecule has 5 rings (SSSR count). The fourth-order valence-corrected chi connectivity index (χ4v) is 5.86. The van der Waals surface area contributed by atoms with Crippen molar-refractivity contribution in [2.75, 3.05) is 11.6 Å². The first kappa shape index (κ1) is 28.2. The number of ether oxygens (including phenoxy) is 2. The summed E-state index contributed by atoms with van der Waals surface area (Å²) < 4.78 is 35.4. The number of nitrogens with one attached hydrogen (secondary N) is 1. The lowest BCUT2D eigenvalue weighted by atomic mass is 9.86. The minimum Gasteiger partial charge on any atom is -0.474 e. The SMILES string of the molecule is C[C@H](C[C@@H](C)S(C)(=O)=O)Oc1ncc([C@](C)(N)C2CC2)c2cc(Nc3ccc4c(n3)[C@@H](C)[C@H](C)OC4=O)ncc12. The second-order valence-corrected chi connectivity index (χ2v) is 14.1. The zero-order chi connectivity index (χ0) is 29.0. The highest BCUT2D eigenvalue weighted by atomic mass is 32.2. The van der Waals surface area contributed by atoms with E-state index in [1.807, 2.05) is 33.8 Å². The van der Waals surface area contributed by atoms with Crippen LogP contribution in [0.1, 0.15) is 81.4 Å². The van der Waals surface area contributed by atoms with Crippen molar-refractivity contribution in [2.45, 2.75) is 82.8 Å². The number of cyclic esters (lactones) is 1. The smallest absolute Gasteiger partial charge is 0.340 e. The van der Waals surface area contributed by atoms with Gasteiger partial charge in [0.2, 0.25) is 5.88 Å². The molecule has 10 nitrogen and oxygen atoms in total. The Morgan fingerprint density at radius 2 is 1.88 bits per heavy atom. The van der Waals surface area contributed by atoms with Crippen LogP contribution in [0.2, 0.25) is 0 Å². The highest BCUT2D eigenvalue weighted by Crippen LogP contribution is 2.46. The monoisotopic (exact) mass is 567 g/mol. The molecule has 4 heterocycles. The lowest BCUT2D eigenvalue weighted by Gasteiger charge is -2.28.